The Bertz CT molecular complexity index is 643. The SMILES string of the molecule is CCNC(=NCC(C)Oc1cccc(OC)c1)NCCn1ccnc1. The molecule has 7 nitrogen and oxygen atoms in total. The van der Waals surface area contributed by atoms with Crippen LogP contribution in [-0.2, 0) is 6.54 Å². The molecule has 0 aliphatic heterocycles. The maximum Gasteiger partial charge on any atom is 0.191 e. The van der Waals surface area contributed by atoms with Crippen molar-refractivity contribution in [2.24, 2.45) is 4.99 Å². The smallest absolute Gasteiger partial charge is 0.191 e. The highest BCUT2D eigenvalue weighted by molar-refractivity contribution is 5.79. The molecular formula is C18H27N5O2. The number of aliphatic imine (C=N–C) groups is 1. The third-order valence-corrected chi connectivity index (χ3v) is 3.45. The third kappa shape index (κ3) is 6.74. The van der Waals surface area contributed by atoms with Crippen LogP contribution >= 0.6 is 0 Å². The zero-order valence-electron chi connectivity index (χ0n) is 15.1. The van der Waals surface area contributed by atoms with Crippen LogP contribution in [0, 0.1) is 0 Å². The van der Waals surface area contributed by atoms with Crippen LogP contribution < -0.4 is 20.1 Å². The van der Waals surface area contributed by atoms with Crippen molar-refractivity contribution in [1.82, 2.24) is 20.2 Å². The second-order valence-corrected chi connectivity index (χ2v) is 5.55. The molecule has 1 atom stereocenters. The van der Waals surface area contributed by atoms with E-state index >= 15 is 0 Å². The van der Waals surface area contributed by atoms with Gasteiger partial charge in [-0.25, -0.2) is 9.98 Å². The van der Waals surface area contributed by atoms with E-state index in [1.54, 1.807) is 19.6 Å². The fourth-order valence-corrected chi connectivity index (χ4v) is 2.23. The molecule has 0 amide bonds. The molecule has 0 aliphatic rings. The Morgan fingerprint density at radius 1 is 1.32 bits per heavy atom. The fourth-order valence-electron chi connectivity index (χ4n) is 2.23. The Balaban J connectivity index is 1.81. The summed E-state index contributed by atoms with van der Waals surface area (Å²) in [7, 11) is 1.64. The molecule has 0 aliphatic carbocycles. The van der Waals surface area contributed by atoms with Gasteiger partial charge in [0, 0.05) is 38.1 Å². The lowest BCUT2D eigenvalue weighted by atomic mass is 10.3. The number of hydrogen-bond donors (Lipinski definition) is 2. The summed E-state index contributed by atoms with van der Waals surface area (Å²) >= 11 is 0. The zero-order valence-corrected chi connectivity index (χ0v) is 15.1. The molecule has 1 unspecified atom stereocenters. The Morgan fingerprint density at radius 3 is 2.88 bits per heavy atom. The molecule has 0 saturated heterocycles. The lowest BCUT2D eigenvalue weighted by Crippen LogP contribution is -2.39. The predicted molar refractivity (Wildman–Crippen MR) is 99.3 cm³/mol. The molecule has 0 bridgehead atoms. The second-order valence-electron chi connectivity index (χ2n) is 5.55. The van der Waals surface area contributed by atoms with Gasteiger partial charge in [0.2, 0.25) is 0 Å². The number of nitrogens with zero attached hydrogens (tertiary/aromatic N) is 3. The van der Waals surface area contributed by atoms with E-state index in [0.29, 0.717) is 6.54 Å². The highest BCUT2D eigenvalue weighted by Crippen LogP contribution is 2.19. The van der Waals surface area contributed by atoms with Crippen molar-refractivity contribution < 1.29 is 9.47 Å². The summed E-state index contributed by atoms with van der Waals surface area (Å²) in [5.74, 6) is 2.34. The zero-order chi connectivity index (χ0) is 17.9. The normalized spacial score (nSPS) is 12.5. The van der Waals surface area contributed by atoms with Gasteiger partial charge >= 0.3 is 0 Å². The molecule has 136 valence electrons. The van der Waals surface area contributed by atoms with Crippen molar-refractivity contribution in [3.05, 3.63) is 43.0 Å². The van der Waals surface area contributed by atoms with E-state index in [2.05, 4.69) is 20.6 Å². The van der Waals surface area contributed by atoms with E-state index in [1.807, 2.05) is 48.9 Å². The molecule has 0 radical (unpaired) electrons. The quantitative estimate of drug-likeness (QED) is 0.537. The van der Waals surface area contributed by atoms with Gasteiger partial charge in [-0.3, -0.25) is 0 Å². The van der Waals surface area contributed by atoms with E-state index < -0.39 is 0 Å². The summed E-state index contributed by atoms with van der Waals surface area (Å²) in [4.78, 5) is 8.62. The summed E-state index contributed by atoms with van der Waals surface area (Å²) in [5.41, 5.74) is 0. The first-order chi connectivity index (χ1) is 12.2. The standard InChI is InChI=1S/C18H27N5O2/c1-4-20-18(21-9-11-23-10-8-19-14-23)22-13-15(2)25-17-7-5-6-16(12-17)24-3/h5-8,10,12,14-15H,4,9,11,13H2,1-3H3,(H2,20,21,22). The van der Waals surface area contributed by atoms with Crippen LogP contribution in [0.1, 0.15) is 13.8 Å². The first-order valence-corrected chi connectivity index (χ1v) is 8.50. The van der Waals surface area contributed by atoms with Crippen LogP contribution in [-0.4, -0.2) is 48.4 Å². The summed E-state index contributed by atoms with van der Waals surface area (Å²) in [6, 6.07) is 7.58. The largest absolute Gasteiger partial charge is 0.497 e. The molecule has 0 spiro atoms. The molecule has 2 aromatic rings. The van der Waals surface area contributed by atoms with Crippen molar-refractivity contribution in [3.8, 4) is 11.5 Å². The number of benzene rings is 1. The Hall–Kier alpha value is -2.70. The highest BCUT2D eigenvalue weighted by atomic mass is 16.5. The summed E-state index contributed by atoms with van der Waals surface area (Å²) in [6.45, 7) is 7.01. The number of rotatable bonds is 9. The minimum atomic E-state index is -0.0452. The van der Waals surface area contributed by atoms with Gasteiger partial charge < -0.3 is 24.7 Å². The van der Waals surface area contributed by atoms with Crippen molar-refractivity contribution in [2.75, 3.05) is 26.7 Å². The molecule has 1 aromatic carbocycles. The maximum atomic E-state index is 5.89. The molecule has 7 heteroatoms. The van der Waals surface area contributed by atoms with Crippen molar-refractivity contribution in [2.45, 2.75) is 26.5 Å². The Morgan fingerprint density at radius 2 is 2.16 bits per heavy atom. The molecule has 0 fully saturated rings. The number of imidazole rings is 1. The van der Waals surface area contributed by atoms with E-state index in [-0.39, 0.29) is 6.10 Å². The van der Waals surface area contributed by atoms with E-state index in [1.165, 1.54) is 0 Å². The average molecular weight is 345 g/mol. The first kappa shape index (κ1) is 18.6. The van der Waals surface area contributed by atoms with Crippen LogP contribution in [0.4, 0.5) is 0 Å². The monoisotopic (exact) mass is 345 g/mol. The third-order valence-electron chi connectivity index (χ3n) is 3.45. The molecule has 2 rings (SSSR count). The van der Waals surface area contributed by atoms with Crippen LogP contribution in [0.3, 0.4) is 0 Å². The van der Waals surface area contributed by atoms with Crippen LogP contribution in [0.25, 0.3) is 0 Å². The van der Waals surface area contributed by atoms with Gasteiger partial charge in [-0.2, -0.15) is 0 Å². The number of ether oxygens (including phenoxy) is 2. The van der Waals surface area contributed by atoms with Crippen molar-refractivity contribution >= 4 is 5.96 Å². The molecular weight excluding hydrogens is 318 g/mol. The van der Waals surface area contributed by atoms with E-state index in [0.717, 1.165) is 37.1 Å². The Kier molecular flexibility index (Phi) is 7.62. The van der Waals surface area contributed by atoms with Gasteiger partial charge in [0.05, 0.1) is 20.0 Å². The van der Waals surface area contributed by atoms with Crippen molar-refractivity contribution in [1.29, 1.82) is 0 Å². The number of aromatic nitrogens is 2. The average Bonchev–Trinajstić information content (AvgIpc) is 3.13. The first-order valence-electron chi connectivity index (χ1n) is 8.50. The van der Waals surface area contributed by atoms with Crippen molar-refractivity contribution in [3.63, 3.8) is 0 Å². The lowest BCUT2D eigenvalue weighted by Gasteiger charge is -2.15. The second kappa shape index (κ2) is 10.2. The number of methoxy groups -OCH3 is 1. The molecule has 2 N–H and O–H groups in total. The Labute approximate surface area is 149 Å². The fraction of sp³-hybridized carbons (Fsp3) is 0.444. The van der Waals surface area contributed by atoms with Gasteiger partial charge in [0.25, 0.3) is 0 Å². The minimum absolute atomic E-state index is 0.0452. The topological polar surface area (TPSA) is 72.7 Å². The predicted octanol–water partition coefficient (Wildman–Crippen LogP) is 1.91. The summed E-state index contributed by atoms with van der Waals surface area (Å²) < 4.78 is 13.1. The lowest BCUT2D eigenvalue weighted by molar-refractivity contribution is 0.229. The molecule has 1 aromatic heterocycles. The van der Waals surface area contributed by atoms with Crippen LogP contribution in [0.15, 0.2) is 48.0 Å². The number of hydrogen-bond acceptors (Lipinski definition) is 4. The van der Waals surface area contributed by atoms with E-state index in [9.17, 15) is 0 Å². The van der Waals surface area contributed by atoms with Gasteiger partial charge in [-0.1, -0.05) is 6.07 Å². The van der Waals surface area contributed by atoms with Gasteiger partial charge in [-0.15, -0.1) is 0 Å². The maximum absolute atomic E-state index is 5.89. The number of guanidine groups is 1. The molecule has 0 saturated carbocycles. The number of nitrogens with one attached hydrogen (secondary N) is 2. The van der Waals surface area contributed by atoms with E-state index in [4.69, 9.17) is 9.47 Å². The molecule has 25 heavy (non-hydrogen) atoms. The minimum Gasteiger partial charge on any atom is -0.497 e. The summed E-state index contributed by atoms with van der Waals surface area (Å²) in [6.07, 6.45) is 5.47. The van der Waals surface area contributed by atoms with Gasteiger partial charge in [0.1, 0.15) is 17.6 Å². The van der Waals surface area contributed by atoms with Crippen LogP contribution in [0.5, 0.6) is 11.5 Å². The van der Waals surface area contributed by atoms with Gasteiger partial charge in [-0.05, 0) is 26.0 Å². The highest BCUT2D eigenvalue weighted by Gasteiger charge is 2.05. The summed E-state index contributed by atoms with van der Waals surface area (Å²) in [5, 5.41) is 6.55. The molecule has 1 heterocycles. The van der Waals surface area contributed by atoms with Crippen LogP contribution in [0.2, 0.25) is 0 Å². The van der Waals surface area contributed by atoms with Gasteiger partial charge in [0.15, 0.2) is 5.96 Å².